The van der Waals surface area contributed by atoms with Crippen molar-refractivity contribution in [2.45, 2.75) is 25.9 Å². The Morgan fingerprint density at radius 2 is 2.22 bits per heavy atom. The van der Waals surface area contributed by atoms with Gasteiger partial charge in [-0.3, -0.25) is 10.1 Å². The summed E-state index contributed by atoms with van der Waals surface area (Å²) in [6.45, 7) is 5.33. The fourth-order valence-electron chi connectivity index (χ4n) is 2.24. The zero-order chi connectivity index (χ0) is 13.3. The molecule has 1 N–H and O–H groups in total. The molecule has 18 heavy (non-hydrogen) atoms. The molecule has 1 fully saturated rings. The molecule has 5 nitrogen and oxygen atoms in total. The van der Waals surface area contributed by atoms with Crippen LogP contribution in [0.3, 0.4) is 0 Å². The number of nitrogens with one attached hydrogen (secondary N) is 1. The monoisotopic (exact) mass is 253 g/mol. The molecule has 1 aromatic rings. The molecule has 0 saturated carbocycles. The summed E-state index contributed by atoms with van der Waals surface area (Å²) in [7, 11) is 0. The maximum atomic E-state index is 13.3. The van der Waals surface area contributed by atoms with E-state index in [-0.39, 0.29) is 17.8 Å². The van der Waals surface area contributed by atoms with Gasteiger partial charge in [-0.05, 0) is 19.9 Å². The van der Waals surface area contributed by atoms with Gasteiger partial charge in [-0.1, -0.05) is 0 Å². The van der Waals surface area contributed by atoms with Crippen LogP contribution in [0.2, 0.25) is 0 Å². The molecule has 1 aliphatic rings. The standard InChI is InChI=1S/C12H16FN3O2/c1-8-7-15(9(2)6-14-8)12-5-10(13)3-4-11(12)16(17)18/h3-5,8-9,14H,6-7H2,1-2H3. The molecule has 1 saturated heterocycles. The van der Waals surface area contributed by atoms with Crippen LogP contribution in [0.5, 0.6) is 0 Å². The highest BCUT2D eigenvalue weighted by molar-refractivity contribution is 5.64. The first-order valence-electron chi connectivity index (χ1n) is 5.93. The Labute approximate surface area is 105 Å². The minimum Gasteiger partial charge on any atom is -0.360 e. The fraction of sp³-hybridized carbons (Fsp3) is 0.500. The molecule has 1 aliphatic heterocycles. The second kappa shape index (κ2) is 4.89. The smallest absolute Gasteiger partial charge is 0.292 e. The zero-order valence-corrected chi connectivity index (χ0v) is 10.4. The molecule has 0 bridgehead atoms. The molecular formula is C12H16FN3O2. The number of nitro groups is 1. The van der Waals surface area contributed by atoms with Gasteiger partial charge in [0.15, 0.2) is 0 Å². The quantitative estimate of drug-likeness (QED) is 0.646. The molecule has 1 heterocycles. The first-order chi connectivity index (χ1) is 8.49. The van der Waals surface area contributed by atoms with Crippen LogP contribution in [0.25, 0.3) is 0 Å². The average molecular weight is 253 g/mol. The number of nitrogens with zero attached hydrogens (tertiary/aromatic N) is 2. The Kier molecular flexibility index (Phi) is 3.47. The van der Waals surface area contributed by atoms with Crippen molar-refractivity contribution in [3.8, 4) is 0 Å². The number of halogens is 1. The fourth-order valence-corrected chi connectivity index (χ4v) is 2.24. The summed E-state index contributed by atoms with van der Waals surface area (Å²) in [6, 6.07) is 3.92. The lowest BCUT2D eigenvalue weighted by Crippen LogP contribution is -2.54. The Hall–Kier alpha value is -1.69. The zero-order valence-electron chi connectivity index (χ0n) is 10.4. The van der Waals surface area contributed by atoms with Crippen molar-refractivity contribution in [3.63, 3.8) is 0 Å². The molecule has 2 unspecified atom stereocenters. The van der Waals surface area contributed by atoms with Crippen molar-refractivity contribution in [3.05, 3.63) is 34.1 Å². The van der Waals surface area contributed by atoms with Gasteiger partial charge in [0.1, 0.15) is 11.5 Å². The van der Waals surface area contributed by atoms with Gasteiger partial charge in [-0.2, -0.15) is 0 Å². The van der Waals surface area contributed by atoms with Crippen LogP contribution < -0.4 is 10.2 Å². The molecule has 6 heteroatoms. The van der Waals surface area contributed by atoms with E-state index in [2.05, 4.69) is 5.32 Å². The number of nitro benzene ring substituents is 1. The molecule has 2 atom stereocenters. The van der Waals surface area contributed by atoms with E-state index >= 15 is 0 Å². The van der Waals surface area contributed by atoms with Crippen molar-refractivity contribution < 1.29 is 9.31 Å². The Morgan fingerprint density at radius 3 is 2.89 bits per heavy atom. The first-order valence-corrected chi connectivity index (χ1v) is 5.93. The lowest BCUT2D eigenvalue weighted by molar-refractivity contribution is -0.384. The maximum Gasteiger partial charge on any atom is 0.292 e. The first kappa shape index (κ1) is 12.8. The van der Waals surface area contributed by atoms with Crippen molar-refractivity contribution in [2.75, 3.05) is 18.0 Å². The van der Waals surface area contributed by atoms with E-state index in [1.54, 1.807) is 0 Å². The summed E-state index contributed by atoms with van der Waals surface area (Å²) in [6.07, 6.45) is 0. The van der Waals surface area contributed by atoms with Gasteiger partial charge >= 0.3 is 0 Å². The molecular weight excluding hydrogens is 237 g/mol. The minimum absolute atomic E-state index is 0.0441. The minimum atomic E-state index is -0.464. The van der Waals surface area contributed by atoms with Gasteiger partial charge in [-0.15, -0.1) is 0 Å². The molecule has 0 aliphatic carbocycles. The molecule has 0 spiro atoms. The van der Waals surface area contributed by atoms with Gasteiger partial charge in [0.05, 0.1) is 4.92 Å². The van der Waals surface area contributed by atoms with Crippen LogP contribution >= 0.6 is 0 Å². The third kappa shape index (κ3) is 2.43. The van der Waals surface area contributed by atoms with Crippen molar-refractivity contribution in [1.82, 2.24) is 5.32 Å². The summed E-state index contributed by atoms with van der Waals surface area (Å²) in [4.78, 5) is 12.4. The van der Waals surface area contributed by atoms with Gasteiger partial charge in [0.25, 0.3) is 5.69 Å². The molecule has 0 aromatic heterocycles. The summed E-state index contributed by atoms with van der Waals surface area (Å²) in [5.74, 6) is -0.450. The summed E-state index contributed by atoms with van der Waals surface area (Å²) in [5, 5.41) is 14.3. The van der Waals surface area contributed by atoms with E-state index in [4.69, 9.17) is 0 Å². The number of hydrogen-bond donors (Lipinski definition) is 1. The highest BCUT2D eigenvalue weighted by atomic mass is 19.1. The van der Waals surface area contributed by atoms with Crippen molar-refractivity contribution in [2.24, 2.45) is 0 Å². The van der Waals surface area contributed by atoms with E-state index in [1.165, 1.54) is 12.1 Å². The largest absolute Gasteiger partial charge is 0.360 e. The van der Waals surface area contributed by atoms with Gasteiger partial charge in [0.2, 0.25) is 0 Å². The van der Waals surface area contributed by atoms with Gasteiger partial charge in [-0.25, -0.2) is 4.39 Å². The number of benzene rings is 1. The summed E-state index contributed by atoms with van der Waals surface area (Å²) in [5.41, 5.74) is 0.318. The van der Waals surface area contributed by atoms with Crippen LogP contribution in [0.1, 0.15) is 13.8 Å². The van der Waals surface area contributed by atoms with E-state index in [1.807, 2.05) is 18.7 Å². The molecule has 2 rings (SSSR count). The van der Waals surface area contributed by atoms with E-state index in [0.717, 1.165) is 12.6 Å². The molecule has 98 valence electrons. The predicted octanol–water partition coefficient (Wildman–Crippen LogP) is 1.92. The normalized spacial score (nSPS) is 24.1. The van der Waals surface area contributed by atoms with Crippen LogP contribution in [0.4, 0.5) is 15.8 Å². The van der Waals surface area contributed by atoms with E-state index in [0.29, 0.717) is 12.2 Å². The SMILES string of the molecule is CC1CN(c2cc(F)ccc2[N+](=O)[O-])C(C)CN1. The lowest BCUT2D eigenvalue weighted by Gasteiger charge is -2.38. The number of piperazine rings is 1. The number of rotatable bonds is 2. The molecule has 0 amide bonds. The Balaban J connectivity index is 2.41. The van der Waals surface area contributed by atoms with Gasteiger partial charge < -0.3 is 10.2 Å². The van der Waals surface area contributed by atoms with Crippen molar-refractivity contribution in [1.29, 1.82) is 0 Å². The van der Waals surface area contributed by atoms with Gasteiger partial charge in [0, 0.05) is 37.3 Å². The van der Waals surface area contributed by atoms with Crippen LogP contribution in [0.15, 0.2) is 18.2 Å². The van der Waals surface area contributed by atoms with Crippen LogP contribution in [-0.2, 0) is 0 Å². The van der Waals surface area contributed by atoms with Crippen LogP contribution in [0, 0.1) is 15.9 Å². The maximum absolute atomic E-state index is 13.3. The molecule has 0 radical (unpaired) electrons. The third-order valence-electron chi connectivity index (χ3n) is 3.21. The van der Waals surface area contributed by atoms with Crippen molar-refractivity contribution >= 4 is 11.4 Å². The predicted molar refractivity (Wildman–Crippen MR) is 67.3 cm³/mol. The average Bonchev–Trinajstić information content (AvgIpc) is 2.31. The highest BCUT2D eigenvalue weighted by Crippen LogP contribution is 2.31. The lowest BCUT2D eigenvalue weighted by atomic mass is 10.1. The second-order valence-electron chi connectivity index (χ2n) is 4.70. The second-order valence-corrected chi connectivity index (χ2v) is 4.70. The van der Waals surface area contributed by atoms with E-state index in [9.17, 15) is 14.5 Å². The van der Waals surface area contributed by atoms with E-state index < -0.39 is 10.7 Å². The number of hydrogen-bond acceptors (Lipinski definition) is 4. The summed E-state index contributed by atoms with van der Waals surface area (Å²) >= 11 is 0. The Morgan fingerprint density at radius 1 is 1.50 bits per heavy atom. The van der Waals surface area contributed by atoms with Crippen LogP contribution in [-0.4, -0.2) is 30.1 Å². The summed E-state index contributed by atoms with van der Waals surface area (Å²) < 4.78 is 13.3. The topological polar surface area (TPSA) is 58.4 Å². The number of anilines is 1. The third-order valence-corrected chi connectivity index (χ3v) is 3.21. The highest BCUT2D eigenvalue weighted by Gasteiger charge is 2.28. The Bertz CT molecular complexity index is 467. The molecule has 1 aromatic carbocycles.